The van der Waals surface area contributed by atoms with Crippen molar-refractivity contribution in [1.29, 1.82) is 0 Å². The molecule has 0 spiro atoms. The lowest BCUT2D eigenvalue weighted by molar-refractivity contribution is -0.344. The van der Waals surface area contributed by atoms with Crippen molar-refractivity contribution in [1.82, 2.24) is 14.9 Å². The number of amides is 1. The van der Waals surface area contributed by atoms with Crippen molar-refractivity contribution < 1.29 is 32.6 Å². The Labute approximate surface area is 204 Å². The summed E-state index contributed by atoms with van der Waals surface area (Å²) in [6.45, 7) is 6.64. The minimum atomic E-state index is -5.19. The number of nitrogens with zero attached hydrogens (tertiary/aromatic N) is 2. The van der Waals surface area contributed by atoms with E-state index < -0.39 is 23.8 Å². The Bertz CT molecular complexity index is 1230. The van der Waals surface area contributed by atoms with E-state index in [1.54, 1.807) is 11.3 Å². The Kier molecular flexibility index (Phi) is 9.02. The van der Waals surface area contributed by atoms with E-state index in [0.717, 1.165) is 31.8 Å². The number of nitrogens with one attached hydrogen (secondary N) is 2. The van der Waals surface area contributed by atoms with Crippen LogP contribution in [0.3, 0.4) is 0 Å². The first-order chi connectivity index (χ1) is 16.2. The average molecular weight is 513 g/mol. The van der Waals surface area contributed by atoms with Gasteiger partial charge in [-0.15, -0.1) is 11.3 Å². The van der Waals surface area contributed by atoms with Crippen LogP contribution in [-0.2, 0) is 9.53 Å². The number of aromatic nitrogens is 1. The van der Waals surface area contributed by atoms with Crippen LogP contribution in [0.4, 0.5) is 23.7 Å². The van der Waals surface area contributed by atoms with Gasteiger partial charge < -0.3 is 25.3 Å². The minimum absolute atomic E-state index is 0.401. The summed E-state index contributed by atoms with van der Waals surface area (Å²) in [5, 5.41) is 16.0. The molecule has 1 aliphatic heterocycles. The van der Waals surface area contributed by atoms with E-state index in [4.69, 9.17) is 19.6 Å². The average Bonchev–Trinajstić information content (AvgIpc) is 2.73. The fourth-order valence-corrected chi connectivity index (χ4v) is 3.73. The number of carboxylic acid groups (broad SMARTS) is 1. The van der Waals surface area contributed by atoms with Crippen molar-refractivity contribution in [3.05, 3.63) is 41.8 Å². The fraction of sp³-hybridized carbons (Fsp3) is 0.391. The zero-order chi connectivity index (χ0) is 26.4. The van der Waals surface area contributed by atoms with Gasteiger partial charge >= 0.3 is 12.3 Å². The van der Waals surface area contributed by atoms with Crippen LogP contribution in [0.5, 0.6) is 0 Å². The Morgan fingerprint density at radius 1 is 1.09 bits per heavy atom. The van der Waals surface area contributed by atoms with Crippen LogP contribution < -0.4 is 25.7 Å². The lowest BCUT2D eigenvalue weighted by Crippen LogP contribution is -2.37. The third-order valence-electron chi connectivity index (χ3n) is 4.23. The summed E-state index contributed by atoms with van der Waals surface area (Å²) in [5.74, 6) is -3.01. The number of carbonyl (C=O) groups is 2. The molecule has 0 saturated heterocycles. The number of hydrogen-bond acceptors (Lipinski definition) is 7. The van der Waals surface area contributed by atoms with Gasteiger partial charge in [0.25, 0.3) is 0 Å². The predicted octanol–water partition coefficient (Wildman–Crippen LogP) is 2.67. The smallest absolute Gasteiger partial charge is 0.430 e. The molecule has 2 N–H and O–H groups in total. The molecule has 8 nitrogen and oxygen atoms in total. The predicted molar refractivity (Wildman–Crippen MR) is 127 cm³/mol. The zero-order valence-electron chi connectivity index (χ0n) is 19.9. The zero-order valence-corrected chi connectivity index (χ0v) is 20.8. The van der Waals surface area contributed by atoms with E-state index in [1.165, 1.54) is 0 Å². The lowest BCUT2D eigenvalue weighted by atomic mass is 10.2. The second kappa shape index (κ2) is 11.3. The van der Waals surface area contributed by atoms with Crippen LogP contribution in [0.25, 0.3) is 20.8 Å². The normalized spacial score (nSPS) is 11.4. The van der Waals surface area contributed by atoms with Crippen LogP contribution in [0.15, 0.2) is 36.4 Å². The first-order valence-electron chi connectivity index (χ1n) is 10.5. The van der Waals surface area contributed by atoms with Gasteiger partial charge in [-0.1, -0.05) is 0 Å². The number of carboxylic acids is 1. The summed E-state index contributed by atoms with van der Waals surface area (Å²) in [6, 6.07) is 12.4. The van der Waals surface area contributed by atoms with Crippen molar-refractivity contribution in [3.8, 4) is 10.6 Å². The first-order valence-corrected chi connectivity index (χ1v) is 11.3. The van der Waals surface area contributed by atoms with E-state index in [-0.39, 0.29) is 0 Å². The lowest BCUT2D eigenvalue weighted by Gasteiger charge is -2.19. The monoisotopic (exact) mass is 512 g/mol. The molecular formula is C23H27F3N4O4S. The fourth-order valence-electron chi connectivity index (χ4n) is 2.69. The molecule has 190 valence electrons. The van der Waals surface area contributed by atoms with Gasteiger partial charge in [0.1, 0.15) is 25.7 Å². The van der Waals surface area contributed by atoms with Crippen molar-refractivity contribution in [3.63, 3.8) is 0 Å². The minimum Gasteiger partial charge on any atom is -0.542 e. The molecule has 1 aromatic carbocycles. The maximum Gasteiger partial charge on any atom is 0.430 e. The van der Waals surface area contributed by atoms with Gasteiger partial charge in [0.05, 0.1) is 20.8 Å². The van der Waals surface area contributed by atoms with E-state index in [2.05, 4.69) is 39.5 Å². The summed E-state index contributed by atoms with van der Waals surface area (Å²) in [7, 11) is 4.07. The van der Waals surface area contributed by atoms with Gasteiger partial charge in [-0.2, -0.15) is 13.2 Å². The molecule has 0 bridgehead atoms. The molecule has 1 amide bonds. The van der Waals surface area contributed by atoms with Crippen LogP contribution in [0.1, 0.15) is 20.8 Å². The summed E-state index contributed by atoms with van der Waals surface area (Å²) in [5.41, 5.74) is 2.50. The van der Waals surface area contributed by atoms with E-state index in [9.17, 15) is 18.0 Å². The molecule has 0 aromatic heterocycles. The number of anilines is 1. The van der Waals surface area contributed by atoms with E-state index in [0.29, 0.717) is 13.1 Å². The maximum absolute atomic E-state index is 11.7. The molecule has 3 rings (SSSR count). The van der Waals surface area contributed by atoms with Crippen LogP contribution in [0.2, 0.25) is 0 Å². The topological polar surface area (TPSA) is 106 Å². The molecule has 1 heterocycles. The van der Waals surface area contributed by atoms with Gasteiger partial charge in [-0.25, -0.2) is 14.4 Å². The molecule has 0 fully saturated rings. The van der Waals surface area contributed by atoms with Gasteiger partial charge in [0.2, 0.25) is 5.36 Å². The number of aliphatic carboxylic acids is 1. The molecule has 2 aliphatic rings. The van der Waals surface area contributed by atoms with Gasteiger partial charge in [0.15, 0.2) is 0 Å². The highest BCUT2D eigenvalue weighted by molar-refractivity contribution is 7.21. The molecule has 35 heavy (non-hydrogen) atoms. The summed E-state index contributed by atoms with van der Waals surface area (Å²) < 4.78 is 40.0. The quantitative estimate of drug-likeness (QED) is 0.316. The molecule has 0 atom stereocenters. The second-order valence-corrected chi connectivity index (χ2v) is 9.67. The summed E-state index contributed by atoms with van der Waals surface area (Å²) >= 11 is 1.73. The van der Waals surface area contributed by atoms with Crippen LogP contribution >= 0.6 is 11.3 Å². The number of alkyl halides is 3. The number of hydrogen-bond donors (Lipinski definition) is 2. The SMILES string of the molecule is C[N+](C)=c1ccc2nc3ccc(NCCNC(=O)OC(C)(C)C)cc3sc-2c1.O=C([O-])C(F)(F)F. The Hall–Kier alpha value is -3.41. The van der Waals surface area contributed by atoms with Crippen LogP contribution in [-0.4, -0.2) is 56.0 Å². The molecular weight excluding hydrogens is 485 g/mol. The van der Waals surface area contributed by atoms with E-state index in [1.807, 2.05) is 47.0 Å². The number of benzene rings is 2. The third kappa shape index (κ3) is 9.04. The highest BCUT2D eigenvalue weighted by Gasteiger charge is 2.28. The largest absolute Gasteiger partial charge is 0.542 e. The Morgan fingerprint density at radius 3 is 2.31 bits per heavy atom. The summed E-state index contributed by atoms with van der Waals surface area (Å²) in [6.07, 6.45) is -5.60. The number of rotatable bonds is 4. The second-order valence-electron chi connectivity index (χ2n) is 8.58. The van der Waals surface area contributed by atoms with Crippen molar-refractivity contribution >= 4 is 39.3 Å². The van der Waals surface area contributed by atoms with Crippen molar-refractivity contribution in [2.45, 2.75) is 32.5 Å². The number of carbonyl (C=O) groups excluding carboxylic acids is 2. The molecule has 0 radical (unpaired) electrons. The molecule has 1 aliphatic carbocycles. The van der Waals surface area contributed by atoms with Crippen LogP contribution in [0, 0.1) is 0 Å². The highest BCUT2D eigenvalue weighted by atomic mass is 32.1. The van der Waals surface area contributed by atoms with E-state index >= 15 is 0 Å². The van der Waals surface area contributed by atoms with Crippen molar-refractivity contribution in [2.75, 3.05) is 32.5 Å². The first kappa shape index (κ1) is 27.8. The highest BCUT2D eigenvalue weighted by Crippen LogP contribution is 2.30. The molecule has 0 saturated carbocycles. The van der Waals surface area contributed by atoms with Gasteiger partial charge in [-0.05, 0) is 45.0 Å². The standard InChI is InChI=1S/C21H26N4O2S.C2HF3O2/c1-21(2,3)27-20(26)23-11-10-22-14-6-8-16-18(12-14)28-19-13-15(25(4)5)7-9-17(19)24-16;3-2(4,5)1(6)7/h6-9,12-13H,10-11H2,1-5H3,(H,23,26);(H,6,7). The Morgan fingerprint density at radius 2 is 1.74 bits per heavy atom. The maximum atomic E-state index is 11.7. The molecule has 12 heteroatoms. The number of halogens is 3. The number of alkyl carbamates (subject to hydrolysis) is 1. The van der Waals surface area contributed by atoms with Gasteiger partial charge in [0, 0.05) is 30.9 Å². The Balaban J connectivity index is 0.000000540. The molecule has 0 unspecified atom stereocenters. The third-order valence-corrected chi connectivity index (χ3v) is 5.33. The van der Waals surface area contributed by atoms with Crippen molar-refractivity contribution in [2.24, 2.45) is 0 Å². The molecule has 1 aromatic rings. The van der Waals surface area contributed by atoms with Gasteiger partial charge in [-0.3, -0.25) is 0 Å². The number of fused-ring (bicyclic) bond motifs is 2. The number of ether oxygens (including phenoxy) is 1. The summed E-state index contributed by atoms with van der Waals surface area (Å²) in [4.78, 5) is 26.4.